The van der Waals surface area contributed by atoms with Crippen LogP contribution in [-0.2, 0) is 4.79 Å². The molecule has 1 amide bonds. The van der Waals surface area contributed by atoms with E-state index in [2.05, 4.69) is 15.3 Å². The number of hydrogen-bond donors (Lipinski definition) is 2. The zero-order chi connectivity index (χ0) is 12.3. The maximum Gasteiger partial charge on any atom is 0.220 e. The first kappa shape index (κ1) is 11.8. The molecule has 1 aromatic heterocycles. The summed E-state index contributed by atoms with van der Waals surface area (Å²) in [7, 11) is 0. The van der Waals surface area contributed by atoms with E-state index in [-0.39, 0.29) is 11.8 Å². The van der Waals surface area contributed by atoms with Crippen molar-refractivity contribution in [2.45, 2.75) is 38.6 Å². The van der Waals surface area contributed by atoms with Crippen LogP contribution in [0.3, 0.4) is 0 Å². The van der Waals surface area contributed by atoms with E-state index >= 15 is 0 Å². The van der Waals surface area contributed by atoms with Gasteiger partial charge >= 0.3 is 0 Å². The van der Waals surface area contributed by atoms with E-state index in [0.29, 0.717) is 6.04 Å². The highest BCUT2D eigenvalue weighted by Gasteiger charge is 2.24. The van der Waals surface area contributed by atoms with Gasteiger partial charge in [0.05, 0.1) is 5.69 Å². The van der Waals surface area contributed by atoms with Crippen LogP contribution in [0, 0.1) is 12.8 Å². The topological polar surface area (TPSA) is 80.9 Å². The van der Waals surface area contributed by atoms with Crippen molar-refractivity contribution in [1.29, 1.82) is 0 Å². The minimum Gasteiger partial charge on any atom is -0.369 e. The van der Waals surface area contributed by atoms with Gasteiger partial charge in [-0.05, 0) is 32.6 Å². The third-order valence-corrected chi connectivity index (χ3v) is 3.35. The van der Waals surface area contributed by atoms with Crippen LogP contribution in [-0.4, -0.2) is 21.9 Å². The second-order valence-corrected chi connectivity index (χ2v) is 4.59. The summed E-state index contributed by atoms with van der Waals surface area (Å²) in [6, 6.07) is 0.376. The number of nitrogens with two attached hydrogens (primary N) is 1. The van der Waals surface area contributed by atoms with Crippen LogP contribution in [0.5, 0.6) is 0 Å². The molecule has 0 radical (unpaired) electrons. The Bertz CT molecular complexity index is 399. The fourth-order valence-electron chi connectivity index (χ4n) is 2.26. The molecule has 0 atom stereocenters. The monoisotopic (exact) mass is 234 g/mol. The number of aryl methyl sites for hydroxylation is 1. The highest BCUT2D eigenvalue weighted by Crippen LogP contribution is 2.26. The SMILES string of the molecule is Cc1nccnc1NC1CCC(C(N)=O)CC1. The van der Waals surface area contributed by atoms with Crippen LogP contribution < -0.4 is 11.1 Å². The first-order valence-electron chi connectivity index (χ1n) is 6.00. The Labute approximate surface area is 101 Å². The Morgan fingerprint density at radius 3 is 2.53 bits per heavy atom. The number of aromatic nitrogens is 2. The number of carbonyl (C=O) groups excluding carboxylic acids is 1. The molecule has 1 heterocycles. The maximum atomic E-state index is 11.1. The molecule has 17 heavy (non-hydrogen) atoms. The molecule has 1 aliphatic rings. The Morgan fingerprint density at radius 2 is 1.94 bits per heavy atom. The lowest BCUT2D eigenvalue weighted by Gasteiger charge is -2.27. The second-order valence-electron chi connectivity index (χ2n) is 4.59. The van der Waals surface area contributed by atoms with Crippen molar-refractivity contribution in [2.75, 3.05) is 5.32 Å². The van der Waals surface area contributed by atoms with Crippen molar-refractivity contribution >= 4 is 11.7 Å². The lowest BCUT2D eigenvalue weighted by Crippen LogP contribution is -2.32. The first-order valence-corrected chi connectivity index (χ1v) is 6.00. The molecule has 5 nitrogen and oxygen atoms in total. The number of hydrogen-bond acceptors (Lipinski definition) is 4. The lowest BCUT2D eigenvalue weighted by molar-refractivity contribution is -0.122. The van der Waals surface area contributed by atoms with E-state index in [0.717, 1.165) is 37.2 Å². The molecule has 1 aromatic rings. The highest BCUT2D eigenvalue weighted by atomic mass is 16.1. The van der Waals surface area contributed by atoms with Gasteiger partial charge in [-0.15, -0.1) is 0 Å². The summed E-state index contributed by atoms with van der Waals surface area (Å²) in [5.41, 5.74) is 6.21. The van der Waals surface area contributed by atoms with Gasteiger partial charge in [-0.1, -0.05) is 0 Å². The van der Waals surface area contributed by atoms with Crippen LogP contribution in [0.15, 0.2) is 12.4 Å². The van der Waals surface area contributed by atoms with E-state index in [4.69, 9.17) is 5.73 Å². The predicted octanol–water partition coefficient (Wildman–Crippen LogP) is 1.24. The standard InChI is InChI=1S/C12H18N4O/c1-8-12(15-7-6-14-8)16-10-4-2-9(3-5-10)11(13)17/h6-7,9-10H,2-5H2,1H3,(H2,13,17)(H,15,16). The Morgan fingerprint density at radius 1 is 1.29 bits per heavy atom. The number of nitrogens with one attached hydrogen (secondary N) is 1. The van der Waals surface area contributed by atoms with Crippen LogP contribution in [0.4, 0.5) is 5.82 Å². The van der Waals surface area contributed by atoms with Crippen molar-refractivity contribution in [3.05, 3.63) is 18.1 Å². The van der Waals surface area contributed by atoms with E-state index in [1.165, 1.54) is 0 Å². The van der Waals surface area contributed by atoms with Gasteiger partial charge in [0.2, 0.25) is 5.91 Å². The van der Waals surface area contributed by atoms with Gasteiger partial charge in [0.25, 0.3) is 0 Å². The van der Waals surface area contributed by atoms with E-state index in [9.17, 15) is 4.79 Å². The number of rotatable bonds is 3. The minimum absolute atomic E-state index is 0.0519. The van der Waals surface area contributed by atoms with Crippen LogP contribution in [0.1, 0.15) is 31.4 Å². The van der Waals surface area contributed by atoms with Gasteiger partial charge in [-0.25, -0.2) is 4.98 Å². The molecule has 0 bridgehead atoms. The largest absolute Gasteiger partial charge is 0.369 e. The summed E-state index contributed by atoms with van der Waals surface area (Å²) in [6.07, 6.45) is 7.03. The molecular formula is C12H18N4O. The van der Waals surface area contributed by atoms with Gasteiger partial charge in [-0.3, -0.25) is 9.78 Å². The van der Waals surface area contributed by atoms with E-state index in [1.807, 2.05) is 6.92 Å². The molecule has 0 saturated heterocycles. The highest BCUT2D eigenvalue weighted by molar-refractivity contribution is 5.76. The van der Waals surface area contributed by atoms with Crippen LogP contribution in [0.25, 0.3) is 0 Å². The Hall–Kier alpha value is -1.65. The van der Waals surface area contributed by atoms with Gasteiger partial charge in [0.1, 0.15) is 5.82 Å². The molecule has 2 rings (SSSR count). The molecule has 1 saturated carbocycles. The van der Waals surface area contributed by atoms with Crippen molar-refractivity contribution < 1.29 is 4.79 Å². The van der Waals surface area contributed by atoms with Crippen molar-refractivity contribution in [1.82, 2.24) is 9.97 Å². The molecule has 0 spiro atoms. The second kappa shape index (κ2) is 5.12. The molecule has 0 unspecified atom stereocenters. The van der Waals surface area contributed by atoms with Crippen LogP contribution >= 0.6 is 0 Å². The van der Waals surface area contributed by atoms with Crippen LogP contribution in [0.2, 0.25) is 0 Å². The molecule has 1 fully saturated rings. The van der Waals surface area contributed by atoms with Crippen molar-refractivity contribution in [3.63, 3.8) is 0 Å². The van der Waals surface area contributed by atoms with E-state index in [1.54, 1.807) is 12.4 Å². The van der Waals surface area contributed by atoms with Crippen molar-refractivity contribution in [2.24, 2.45) is 11.7 Å². The molecule has 5 heteroatoms. The molecule has 0 aliphatic heterocycles. The lowest BCUT2D eigenvalue weighted by atomic mass is 9.85. The van der Waals surface area contributed by atoms with Crippen molar-refractivity contribution in [3.8, 4) is 0 Å². The normalized spacial score (nSPS) is 24.3. The van der Waals surface area contributed by atoms with E-state index < -0.39 is 0 Å². The predicted molar refractivity (Wildman–Crippen MR) is 65.3 cm³/mol. The first-order chi connectivity index (χ1) is 8.16. The van der Waals surface area contributed by atoms with Gasteiger partial charge in [-0.2, -0.15) is 0 Å². The van der Waals surface area contributed by atoms with Gasteiger partial charge < -0.3 is 11.1 Å². The van der Waals surface area contributed by atoms with Gasteiger partial charge in [0, 0.05) is 24.4 Å². The Kier molecular flexibility index (Phi) is 3.56. The Balaban J connectivity index is 1.90. The zero-order valence-electron chi connectivity index (χ0n) is 10.0. The average molecular weight is 234 g/mol. The number of nitrogens with zero attached hydrogens (tertiary/aromatic N) is 2. The van der Waals surface area contributed by atoms with Gasteiger partial charge in [0.15, 0.2) is 0 Å². The molecule has 92 valence electrons. The molecule has 0 aromatic carbocycles. The minimum atomic E-state index is -0.167. The number of amides is 1. The molecule has 1 aliphatic carbocycles. The number of carbonyl (C=O) groups is 1. The average Bonchev–Trinajstić information content (AvgIpc) is 2.33. The summed E-state index contributed by atoms with van der Waals surface area (Å²) < 4.78 is 0. The summed E-state index contributed by atoms with van der Waals surface area (Å²) in [6.45, 7) is 1.93. The molecule has 3 N–H and O–H groups in total. The number of primary amides is 1. The maximum absolute atomic E-state index is 11.1. The quantitative estimate of drug-likeness (QED) is 0.824. The smallest absolute Gasteiger partial charge is 0.220 e. The third kappa shape index (κ3) is 2.93. The fraction of sp³-hybridized carbons (Fsp3) is 0.583. The zero-order valence-corrected chi connectivity index (χ0v) is 10.0. The number of anilines is 1. The summed E-state index contributed by atoms with van der Waals surface area (Å²) in [4.78, 5) is 19.5. The summed E-state index contributed by atoms with van der Waals surface area (Å²) in [5, 5.41) is 3.38. The summed E-state index contributed by atoms with van der Waals surface area (Å²) in [5.74, 6) is 0.727. The third-order valence-electron chi connectivity index (χ3n) is 3.35. The summed E-state index contributed by atoms with van der Waals surface area (Å²) >= 11 is 0. The fourth-order valence-corrected chi connectivity index (χ4v) is 2.26. The molecular weight excluding hydrogens is 216 g/mol.